The van der Waals surface area contributed by atoms with E-state index in [9.17, 15) is 0 Å². The topological polar surface area (TPSA) is 0 Å². The van der Waals surface area contributed by atoms with E-state index in [1.54, 1.807) is 0 Å². The summed E-state index contributed by atoms with van der Waals surface area (Å²) < 4.78 is 0. The van der Waals surface area contributed by atoms with Crippen LogP contribution in [0.5, 0.6) is 0 Å². The van der Waals surface area contributed by atoms with Crippen molar-refractivity contribution in [3.63, 3.8) is 0 Å². The highest BCUT2D eigenvalue weighted by molar-refractivity contribution is 7.48. The molecule has 0 bridgehead atoms. The molecule has 0 aromatic heterocycles. The number of allylic oxidation sites excluding steroid dienone is 1. The Morgan fingerprint density at radius 2 is 1.77 bits per heavy atom. The second-order valence-electron chi connectivity index (χ2n) is 3.13. The lowest BCUT2D eigenvalue weighted by atomic mass is 10.2. The number of halogens is 2. The highest BCUT2D eigenvalue weighted by Crippen LogP contribution is 2.25. The zero-order valence-corrected chi connectivity index (χ0v) is 10.2. The maximum absolute atomic E-state index is 6.07. The molecule has 0 atom stereocenters. The normalized spacial score (nSPS) is 13.1. The second kappa shape index (κ2) is 4.31. The molecular weight excluding hydrogens is 219 g/mol. The Hall–Kier alpha value is -0.243. The standard InChI is InChI=1S/C10H12Cl2Si/c1-9(13(2,11)12)8-10-6-4-3-5-7-10/h3-8H,1-2H3/b9-8+. The maximum Gasteiger partial charge on any atom is 0.273 e. The van der Waals surface area contributed by atoms with Gasteiger partial charge in [0.15, 0.2) is 0 Å². The molecule has 0 aliphatic carbocycles. The SMILES string of the molecule is C/C(=C\c1ccccc1)[Si](C)(Cl)Cl. The number of rotatable bonds is 2. The number of hydrogen-bond acceptors (Lipinski definition) is 0. The average Bonchev–Trinajstić information content (AvgIpc) is 2.04. The van der Waals surface area contributed by atoms with Crippen LogP contribution in [0.3, 0.4) is 0 Å². The van der Waals surface area contributed by atoms with E-state index in [0.29, 0.717) is 0 Å². The van der Waals surface area contributed by atoms with E-state index in [-0.39, 0.29) is 0 Å². The molecule has 0 nitrogen and oxygen atoms in total. The molecule has 1 rings (SSSR count). The van der Waals surface area contributed by atoms with Crippen LogP contribution in [0.15, 0.2) is 35.5 Å². The number of benzene rings is 1. The van der Waals surface area contributed by atoms with Gasteiger partial charge >= 0.3 is 0 Å². The Labute approximate surface area is 89.6 Å². The average molecular weight is 231 g/mol. The molecule has 0 amide bonds. The third-order valence-corrected chi connectivity index (χ3v) is 5.19. The summed E-state index contributed by atoms with van der Waals surface area (Å²) in [5.41, 5.74) is 1.15. The minimum absolute atomic E-state index is 1.09. The fourth-order valence-corrected chi connectivity index (χ4v) is 1.67. The van der Waals surface area contributed by atoms with Crippen LogP contribution in [0.2, 0.25) is 6.55 Å². The van der Waals surface area contributed by atoms with Crippen LogP contribution in [0.1, 0.15) is 12.5 Å². The molecule has 0 saturated carbocycles. The molecule has 1 aromatic carbocycles. The Balaban J connectivity index is 2.90. The molecular formula is C10H12Cl2Si. The zero-order valence-electron chi connectivity index (χ0n) is 7.72. The summed E-state index contributed by atoms with van der Waals surface area (Å²) in [4.78, 5) is 0. The Morgan fingerprint density at radius 3 is 2.23 bits per heavy atom. The zero-order chi connectivity index (χ0) is 9.90. The van der Waals surface area contributed by atoms with E-state index >= 15 is 0 Å². The van der Waals surface area contributed by atoms with Crippen molar-refractivity contribution in [1.82, 2.24) is 0 Å². The lowest BCUT2D eigenvalue weighted by Crippen LogP contribution is -2.14. The van der Waals surface area contributed by atoms with E-state index in [1.807, 2.05) is 49.9 Å². The summed E-state index contributed by atoms with van der Waals surface area (Å²) in [6, 6.07) is 10.1. The molecule has 0 heterocycles. The van der Waals surface area contributed by atoms with Crippen molar-refractivity contribution in [1.29, 1.82) is 0 Å². The molecule has 1 aromatic rings. The fraction of sp³-hybridized carbons (Fsp3) is 0.200. The van der Waals surface area contributed by atoms with Gasteiger partial charge in [-0.3, -0.25) is 0 Å². The summed E-state index contributed by atoms with van der Waals surface area (Å²) in [5, 5.41) is 1.09. The Kier molecular flexibility index (Phi) is 3.60. The summed E-state index contributed by atoms with van der Waals surface area (Å²) in [7, 11) is 0. The van der Waals surface area contributed by atoms with Crippen LogP contribution in [0.25, 0.3) is 6.08 Å². The lowest BCUT2D eigenvalue weighted by molar-refractivity contribution is 1.61. The van der Waals surface area contributed by atoms with Gasteiger partial charge in [-0.05, 0) is 19.0 Å². The van der Waals surface area contributed by atoms with Crippen molar-refractivity contribution in [2.75, 3.05) is 0 Å². The first-order valence-electron chi connectivity index (χ1n) is 4.12. The van der Waals surface area contributed by atoms with Gasteiger partial charge < -0.3 is 0 Å². The minimum Gasteiger partial charge on any atom is -0.140 e. The predicted molar refractivity (Wildman–Crippen MR) is 63.4 cm³/mol. The van der Waals surface area contributed by atoms with Gasteiger partial charge in [0.1, 0.15) is 0 Å². The highest BCUT2D eigenvalue weighted by atomic mass is 35.7. The largest absolute Gasteiger partial charge is 0.273 e. The fourth-order valence-electron chi connectivity index (χ4n) is 0.926. The molecule has 0 aliphatic heterocycles. The summed E-state index contributed by atoms with van der Waals surface area (Å²) in [6.07, 6.45) is 2.05. The van der Waals surface area contributed by atoms with E-state index in [4.69, 9.17) is 22.2 Å². The van der Waals surface area contributed by atoms with Gasteiger partial charge in [0.05, 0.1) is 0 Å². The first kappa shape index (κ1) is 10.8. The second-order valence-corrected chi connectivity index (χ2v) is 10.8. The Bertz CT molecular complexity index is 298. The summed E-state index contributed by atoms with van der Waals surface area (Å²) >= 11 is 12.1. The van der Waals surface area contributed by atoms with Crippen molar-refractivity contribution in [3.8, 4) is 0 Å². The van der Waals surface area contributed by atoms with E-state index < -0.39 is 6.69 Å². The minimum atomic E-state index is -2.14. The van der Waals surface area contributed by atoms with Crippen molar-refractivity contribution < 1.29 is 0 Å². The summed E-state index contributed by atoms with van der Waals surface area (Å²) in [5.74, 6) is 0. The maximum atomic E-state index is 6.07. The third kappa shape index (κ3) is 3.55. The molecule has 0 aliphatic rings. The summed E-state index contributed by atoms with van der Waals surface area (Å²) in [6.45, 7) is 1.76. The van der Waals surface area contributed by atoms with Gasteiger partial charge in [-0.15, -0.1) is 22.2 Å². The van der Waals surface area contributed by atoms with Crippen LogP contribution in [0, 0.1) is 0 Å². The van der Waals surface area contributed by atoms with E-state index in [1.165, 1.54) is 0 Å². The van der Waals surface area contributed by atoms with Gasteiger partial charge in [-0.25, -0.2) is 0 Å². The van der Waals surface area contributed by atoms with Gasteiger partial charge in [-0.1, -0.05) is 41.6 Å². The highest BCUT2D eigenvalue weighted by Gasteiger charge is 2.22. The van der Waals surface area contributed by atoms with Crippen molar-refractivity contribution in [3.05, 3.63) is 41.1 Å². The van der Waals surface area contributed by atoms with Crippen LogP contribution >= 0.6 is 22.2 Å². The molecule has 0 radical (unpaired) electrons. The number of hydrogen-bond donors (Lipinski definition) is 0. The van der Waals surface area contributed by atoms with E-state index in [2.05, 4.69) is 0 Å². The monoisotopic (exact) mass is 230 g/mol. The molecule has 3 heteroatoms. The van der Waals surface area contributed by atoms with Crippen LogP contribution < -0.4 is 0 Å². The lowest BCUT2D eigenvalue weighted by Gasteiger charge is -2.10. The van der Waals surface area contributed by atoms with Crippen molar-refractivity contribution >= 4 is 34.9 Å². The van der Waals surface area contributed by atoms with Crippen molar-refractivity contribution in [2.45, 2.75) is 13.5 Å². The van der Waals surface area contributed by atoms with Gasteiger partial charge in [-0.2, -0.15) is 0 Å². The molecule has 0 N–H and O–H groups in total. The molecule has 70 valence electrons. The van der Waals surface area contributed by atoms with Crippen LogP contribution in [0.4, 0.5) is 0 Å². The molecule has 13 heavy (non-hydrogen) atoms. The van der Waals surface area contributed by atoms with Crippen LogP contribution in [-0.4, -0.2) is 6.69 Å². The Morgan fingerprint density at radius 1 is 1.23 bits per heavy atom. The van der Waals surface area contributed by atoms with Crippen molar-refractivity contribution in [2.24, 2.45) is 0 Å². The van der Waals surface area contributed by atoms with E-state index in [0.717, 1.165) is 10.8 Å². The molecule has 0 spiro atoms. The first-order chi connectivity index (χ1) is 6.00. The van der Waals surface area contributed by atoms with Gasteiger partial charge in [0.25, 0.3) is 6.69 Å². The first-order valence-corrected chi connectivity index (χ1v) is 8.64. The molecule has 0 saturated heterocycles. The van der Waals surface area contributed by atoms with Gasteiger partial charge in [0, 0.05) is 0 Å². The third-order valence-electron chi connectivity index (χ3n) is 1.88. The smallest absolute Gasteiger partial charge is 0.140 e. The molecule has 0 unspecified atom stereocenters. The predicted octanol–water partition coefficient (Wildman–Crippen LogP) is 4.18. The quantitative estimate of drug-likeness (QED) is 0.529. The van der Waals surface area contributed by atoms with Crippen LogP contribution in [-0.2, 0) is 0 Å². The molecule has 0 fully saturated rings. The van der Waals surface area contributed by atoms with Gasteiger partial charge in [0.2, 0.25) is 0 Å².